The highest BCUT2D eigenvalue weighted by Crippen LogP contribution is 2.54. The van der Waals surface area contributed by atoms with Crippen molar-refractivity contribution in [3.05, 3.63) is 28.8 Å². The molecule has 6 heteroatoms. The van der Waals surface area contributed by atoms with Gasteiger partial charge in [0.1, 0.15) is 0 Å². The predicted molar refractivity (Wildman–Crippen MR) is 69.4 cm³/mol. The molecule has 0 bridgehead atoms. The average Bonchev–Trinajstić information content (AvgIpc) is 2.97. The molecule has 0 aromatic heterocycles. The van der Waals surface area contributed by atoms with Gasteiger partial charge < -0.3 is 5.32 Å². The van der Waals surface area contributed by atoms with Crippen LogP contribution in [0.1, 0.15) is 24.8 Å². The van der Waals surface area contributed by atoms with Crippen LogP contribution in [0.15, 0.2) is 18.2 Å². The molecular weight excluding hydrogens is 291 g/mol. The van der Waals surface area contributed by atoms with E-state index in [1.807, 2.05) is 0 Å². The molecule has 2 unspecified atom stereocenters. The number of hydrogen-bond donors (Lipinski definition) is 1. The lowest BCUT2D eigenvalue weighted by molar-refractivity contribution is -0.137. The number of benzene rings is 1. The molecule has 1 amide bonds. The number of fused-ring (bicyclic) bond motifs is 1. The van der Waals surface area contributed by atoms with Gasteiger partial charge in [-0.25, -0.2) is 0 Å². The fourth-order valence-corrected chi connectivity index (χ4v) is 3.26. The number of hydrogen-bond acceptors (Lipinski definition) is 1. The summed E-state index contributed by atoms with van der Waals surface area (Å²) in [5, 5.41) is 2.29. The quantitative estimate of drug-likeness (QED) is 0.865. The average molecular weight is 304 g/mol. The van der Waals surface area contributed by atoms with Crippen LogP contribution in [0.2, 0.25) is 5.02 Å². The Balaban J connectivity index is 1.81. The first kappa shape index (κ1) is 13.7. The van der Waals surface area contributed by atoms with Crippen molar-refractivity contribution in [3.8, 4) is 0 Å². The van der Waals surface area contributed by atoms with Gasteiger partial charge in [0.15, 0.2) is 0 Å². The van der Waals surface area contributed by atoms with Gasteiger partial charge in [0, 0.05) is 5.92 Å². The Labute approximate surface area is 119 Å². The molecule has 2 saturated carbocycles. The number of para-hydroxylation sites is 1. The maximum absolute atomic E-state index is 12.9. The third-order valence-corrected chi connectivity index (χ3v) is 4.50. The summed E-state index contributed by atoms with van der Waals surface area (Å²) in [6.45, 7) is 0. The predicted octanol–water partition coefficient (Wildman–Crippen LogP) is 4.34. The molecule has 0 saturated heterocycles. The van der Waals surface area contributed by atoms with Gasteiger partial charge in [0.25, 0.3) is 0 Å². The van der Waals surface area contributed by atoms with E-state index in [9.17, 15) is 18.0 Å². The summed E-state index contributed by atoms with van der Waals surface area (Å²) in [4.78, 5) is 12.1. The van der Waals surface area contributed by atoms with Crippen molar-refractivity contribution in [2.75, 3.05) is 5.32 Å². The van der Waals surface area contributed by atoms with Gasteiger partial charge >= 0.3 is 6.18 Å². The van der Waals surface area contributed by atoms with Crippen molar-refractivity contribution in [1.29, 1.82) is 0 Å². The lowest BCUT2D eigenvalue weighted by Crippen LogP contribution is -2.23. The summed E-state index contributed by atoms with van der Waals surface area (Å²) in [5.74, 6) is 0.657. The Hall–Kier alpha value is -1.23. The van der Waals surface area contributed by atoms with Gasteiger partial charge in [-0.3, -0.25) is 4.79 Å². The SMILES string of the molecule is O=C(Nc1c(Cl)cccc1C(F)(F)F)C1CC2CC2C1. The Bertz CT molecular complexity index is 548. The van der Waals surface area contributed by atoms with Crippen LogP contribution in [0.3, 0.4) is 0 Å². The highest BCUT2D eigenvalue weighted by Gasteiger charge is 2.48. The second kappa shape index (κ2) is 4.65. The smallest absolute Gasteiger partial charge is 0.324 e. The van der Waals surface area contributed by atoms with E-state index in [0.29, 0.717) is 11.8 Å². The minimum atomic E-state index is -4.54. The summed E-state index contributed by atoms with van der Waals surface area (Å²) in [6.07, 6.45) is -1.82. The molecule has 2 atom stereocenters. The molecule has 0 heterocycles. The van der Waals surface area contributed by atoms with Crippen LogP contribution in [-0.4, -0.2) is 5.91 Å². The molecule has 2 fully saturated rings. The Morgan fingerprint density at radius 3 is 2.45 bits per heavy atom. The topological polar surface area (TPSA) is 29.1 Å². The molecule has 0 spiro atoms. The summed E-state index contributed by atoms with van der Waals surface area (Å²) in [6, 6.07) is 3.50. The molecule has 20 heavy (non-hydrogen) atoms. The number of rotatable bonds is 2. The van der Waals surface area contributed by atoms with E-state index in [-0.39, 0.29) is 22.5 Å². The summed E-state index contributed by atoms with van der Waals surface area (Å²) >= 11 is 5.81. The number of halogens is 4. The van der Waals surface area contributed by atoms with Crippen LogP contribution in [0, 0.1) is 17.8 Å². The second-order valence-electron chi connectivity index (χ2n) is 5.57. The van der Waals surface area contributed by atoms with E-state index in [4.69, 9.17) is 11.6 Å². The number of carbonyl (C=O) groups is 1. The fourth-order valence-electron chi connectivity index (χ4n) is 3.04. The van der Waals surface area contributed by atoms with E-state index in [1.165, 1.54) is 12.1 Å². The van der Waals surface area contributed by atoms with Gasteiger partial charge in [-0.1, -0.05) is 17.7 Å². The summed E-state index contributed by atoms with van der Waals surface area (Å²) < 4.78 is 38.7. The zero-order valence-electron chi connectivity index (χ0n) is 10.5. The molecule has 3 rings (SSSR count). The second-order valence-corrected chi connectivity index (χ2v) is 5.98. The van der Waals surface area contributed by atoms with Crippen LogP contribution < -0.4 is 5.32 Å². The van der Waals surface area contributed by atoms with E-state index >= 15 is 0 Å². The van der Waals surface area contributed by atoms with Crippen molar-refractivity contribution in [2.24, 2.45) is 17.8 Å². The highest BCUT2D eigenvalue weighted by atomic mass is 35.5. The van der Waals surface area contributed by atoms with Crippen molar-refractivity contribution in [2.45, 2.75) is 25.4 Å². The van der Waals surface area contributed by atoms with Gasteiger partial charge in [-0.2, -0.15) is 13.2 Å². The molecule has 1 aromatic carbocycles. The zero-order valence-corrected chi connectivity index (χ0v) is 11.3. The van der Waals surface area contributed by atoms with Crippen LogP contribution >= 0.6 is 11.6 Å². The standard InChI is InChI=1S/C14H13ClF3NO/c15-11-3-1-2-10(14(16,17)18)12(11)19-13(20)9-5-7-4-8(7)6-9/h1-3,7-9H,4-6H2,(H,19,20). The van der Waals surface area contributed by atoms with E-state index in [2.05, 4.69) is 5.32 Å². The van der Waals surface area contributed by atoms with Gasteiger partial charge in [-0.15, -0.1) is 0 Å². The molecule has 2 aliphatic carbocycles. The van der Waals surface area contributed by atoms with Crippen molar-refractivity contribution in [3.63, 3.8) is 0 Å². The first-order chi connectivity index (χ1) is 9.36. The summed E-state index contributed by atoms with van der Waals surface area (Å²) in [7, 11) is 0. The summed E-state index contributed by atoms with van der Waals surface area (Å²) in [5.41, 5.74) is -1.23. The third kappa shape index (κ3) is 2.51. The molecule has 2 aliphatic rings. The lowest BCUT2D eigenvalue weighted by Gasteiger charge is -2.17. The first-order valence-electron chi connectivity index (χ1n) is 6.53. The zero-order chi connectivity index (χ0) is 14.5. The Kier molecular flexibility index (Phi) is 3.20. The van der Waals surface area contributed by atoms with Crippen LogP contribution in [0.25, 0.3) is 0 Å². The Morgan fingerprint density at radius 1 is 1.20 bits per heavy atom. The number of nitrogens with one attached hydrogen (secondary N) is 1. The number of alkyl halides is 3. The molecule has 108 valence electrons. The normalized spacial score (nSPS) is 28.1. The van der Waals surface area contributed by atoms with Crippen molar-refractivity contribution in [1.82, 2.24) is 0 Å². The van der Waals surface area contributed by atoms with E-state index in [1.54, 1.807) is 0 Å². The highest BCUT2D eigenvalue weighted by molar-refractivity contribution is 6.34. The molecule has 1 aromatic rings. The van der Waals surface area contributed by atoms with Crippen molar-refractivity contribution >= 4 is 23.2 Å². The van der Waals surface area contributed by atoms with Gasteiger partial charge in [-0.05, 0) is 43.2 Å². The van der Waals surface area contributed by atoms with Gasteiger partial charge in [0.2, 0.25) is 5.91 Å². The van der Waals surface area contributed by atoms with E-state index < -0.39 is 11.7 Å². The van der Waals surface area contributed by atoms with Crippen LogP contribution in [0.4, 0.5) is 18.9 Å². The minimum Gasteiger partial charge on any atom is -0.324 e. The monoisotopic (exact) mass is 303 g/mol. The fraction of sp³-hybridized carbons (Fsp3) is 0.500. The lowest BCUT2D eigenvalue weighted by atomic mass is 10.0. The molecule has 2 nitrogen and oxygen atoms in total. The largest absolute Gasteiger partial charge is 0.418 e. The molecule has 0 radical (unpaired) electrons. The van der Waals surface area contributed by atoms with E-state index in [0.717, 1.165) is 25.3 Å². The third-order valence-electron chi connectivity index (χ3n) is 4.18. The number of carbonyl (C=O) groups excluding carboxylic acids is 1. The first-order valence-corrected chi connectivity index (χ1v) is 6.90. The molecular formula is C14H13ClF3NO. The molecule has 1 N–H and O–H groups in total. The number of anilines is 1. The maximum Gasteiger partial charge on any atom is 0.418 e. The molecule has 0 aliphatic heterocycles. The maximum atomic E-state index is 12.9. The van der Waals surface area contributed by atoms with Crippen LogP contribution in [0.5, 0.6) is 0 Å². The minimum absolute atomic E-state index is 0.0867. The van der Waals surface area contributed by atoms with Crippen LogP contribution in [-0.2, 0) is 11.0 Å². The number of amides is 1. The van der Waals surface area contributed by atoms with Gasteiger partial charge in [0.05, 0.1) is 16.3 Å². The Morgan fingerprint density at radius 2 is 1.85 bits per heavy atom. The van der Waals surface area contributed by atoms with Crippen molar-refractivity contribution < 1.29 is 18.0 Å².